The van der Waals surface area contributed by atoms with Crippen LogP contribution in [-0.2, 0) is 38.4 Å². The molecule has 13 heteroatoms. The number of aliphatic carboxylic acids is 1. The number of aromatic nitrogens is 3. The number of unbranched alkanes of at least 4 members (excludes halogenated alkanes) is 1. The molecule has 0 saturated heterocycles. The summed E-state index contributed by atoms with van der Waals surface area (Å²) in [6.45, 7) is 0.484. The van der Waals surface area contributed by atoms with Gasteiger partial charge in [0, 0.05) is 48.3 Å². The molecule has 0 saturated carbocycles. The lowest BCUT2D eigenvalue weighted by atomic mass is 10.0. The zero-order valence-electron chi connectivity index (χ0n) is 24.9. The van der Waals surface area contributed by atoms with E-state index in [1.165, 1.54) is 12.5 Å². The fourth-order valence-corrected chi connectivity index (χ4v) is 5.07. The minimum Gasteiger partial charge on any atom is -0.480 e. The first kappa shape index (κ1) is 32.9. The number of carbonyl (C=O) groups excluding carboxylic acids is 3. The number of carboxylic acids is 1. The lowest BCUT2D eigenvalue weighted by molar-refractivity contribution is -0.142. The number of hydrogen-bond donors (Lipinski definition) is 8. The maximum Gasteiger partial charge on any atom is 0.326 e. The first-order valence-electron chi connectivity index (χ1n) is 14.9. The van der Waals surface area contributed by atoms with Gasteiger partial charge < -0.3 is 42.5 Å². The molecule has 238 valence electrons. The predicted molar refractivity (Wildman–Crippen MR) is 169 cm³/mol. The number of benzene rings is 2. The molecule has 10 N–H and O–H groups in total. The zero-order valence-corrected chi connectivity index (χ0v) is 24.9. The fourth-order valence-electron chi connectivity index (χ4n) is 5.07. The summed E-state index contributed by atoms with van der Waals surface area (Å²) in [7, 11) is 0. The lowest BCUT2D eigenvalue weighted by Crippen LogP contribution is -2.58. The lowest BCUT2D eigenvalue weighted by Gasteiger charge is -2.25. The van der Waals surface area contributed by atoms with E-state index in [0.717, 1.165) is 28.5 Å². The number of carbonyl (C=O) groups is 4. The standard InChI is InChI=1S/C32H40N8O5/c33-13-7-6-11-24(34)29(41)38-26(14-20-8-2-1-3-9-20)30(42)39-27(15-21-17-36-25-12-5-4-10-23(21)25)31(43)40-28(32(44)45)16-22-18-35-19-37-22/h1-5,8-10,12,17-19,24,26-28,36H,6-7,11,13-16,33-34H2,(H,35,37)(H,38,41)(H,39,42)(H,40,43)(H,44,45)/t24-,26-,27-,28-/m0/s1. The molecule has 13 nitrogen and oxygen atoms in total. The third kappa shape index (κ3) is 9.49. The molecule has 0 bridgehead atoms. The second-order valence-corrected chi connectivity index (χ2v) is 10.9. The van der Waals surface area contributed by atoms with Gasteiger partial charge in [-0.05, 0) is 36.6 Å². The molecule has 3 amide bonds. The van der Waals surface area contributed by atoms with Crippen LogP contribution in [0, 0.1) is 0 Å². The van der Waals surface area contributed by atoms with Crippen molar-refractivity contribution in [2.45, 2.75) is 62.7 Å². The summed E-state index contributed by atoms with van der Waals surface area (Å²) in [6.07, 6.45) is 6.60. The molecule has 0 aliphatic heterocycles. The molecule has 0 radical (unpaired) electrons. The molecule has 0 spiro atoms. The molecule has 45 heavy (non-hydrogen) atoms. The molecule has 0 aliphatic rings. The Balaban J connectivity index is 1.58. The number of imidazole rings is 1. The Bertz CT molecular complexity index is 1560. The average Bonchev–Trinajstić information content (AvgIpc) is 3.70. The van der Waals surface area contributed by atoms with E-state index in [4.69, 9.17) is 11.5 Å². The van der Waals surface area contributed by atoms with Crippen molar-refractivity contribution in [3.63, 3.8) is 0 Å². The van der Waals surface area contributed by atoms with Crippen LogP contribution in [0.5, 0.6) is 0 Å². The van der Waals surface area contributed by atoms with Crippen molar-refractivity contribution < 1.29 is 24.3 Å². The fraction of sp³-hybridized carbons (Fsp3) is 0.344. The monoisotopic (exact) mass is 616 g/mol. The maximum atomic E-state index is 13.8. The summed E-state index contributed by atoms with van der Waals surface area (Å²) in [6, 6.07) is 12.3. The SMILES string of the molecule is NCCCC[C@H](N)C(=O)N[C@@H](Cc1ccccc1)C(=O)N[C@@H](Cc1c[nH]c2ccccc12)C(=O)N[C@@H](Cc1cnc[nH]1)C(=O)O. The van der Waals surface area contributed by atoms with Crippen LogP contribution in [0.2, 0.25) is 0 Å². The normalized spacial score (nSPS) is 13.8. The highest BCUT2D eigenvalue weighted by Gasteiger charge is 2.31. The van der Waals surface area contributed by atoms with Crippen molar-refractivity contribution in [2.75, 3.05) is 6.54 Å². The summed E-state index contributed by atoms with van der Waals surface area (Å²) in [4.78, 5) is 62.6. The van der Waals surface area contributed by atoms with Gasteiger partial charge in [0.05, 0.1) is 12.4 Å². The zero-order chi connectivity index (χ0) is 32.2. The quantitative estimate of drug-likeness (QED) is 0.0795. The molecule has 4 atom stereocenters. The Kier molecular flexibility index (Phi) is 11.8. The van der Waals surface area contributed by atoms with Crippen molar-refractivity contribution in [3.8, 4) is 0 Å². The minimum absolute atomic E-state index is 0.0381. The summed E-state index contributed by atoms with van der Waals surface area (Å²) in [5.41, 5.74) is 14.6. The number of nitrogens with two attached hydrogens (primary N) is 2. The van der Waals surface area contributed by atoms with E-state index >= 15 is 0 Å². The minimum atomic E-state index is -1.29. The molecule has 4 rings (SSSR count). The van der Waals surface area contributed by atoms with Crippen LogP contribution in [-0.4, -0.2) is 74.5 Å². The molecule has 0 fully saturated rings. The van der Waals surface area contributed by atoms with Gasteiger partial charge in [-0.15, -0.1) is 0 Å². The van der Waals surface area contributed by atoms with E-state index < -0.39 is 47.9 Å². The highest BCUT2D eigenvalue weighted by atomic mass is 16.4. The van der Waals surface area contributed by atoms with Crippen LogP contribution in [0.1, 0.15) is 36.1 Å². The summed E-state index contributed by atoms with van der Waals surface area (Å²) >= 11 is 0. The Morgan fingerprint density at radius 3 is 2.16 bits per heavy atom. The Morgan fingerprint density at radius 1 is 0.800 bits per heavy atom. The van der Waals surface area contributed by atoms with Crippen LogP contribution in [0.4, 0.5) is 0 Å². The van der Waals surface area contributed by atoms with Crippen LogP contribution < -0.4 is 27.4 Å². The van der Waals surface area contributed by atoms with E-state index in [2.05, 4.69) is 30.9 Å². The van der Waals surface area contributed by atoms with E-state index in [1.807, 2.05) is 54.6 Å². The van der Waals surface area contributed by atoms with Crippen molar-refractivity contribution in [1.29, 1.82) is 0 Å². The highest BCUT2D eigenvalue weighted by molar-refractivity contribution is 5.95. The number of rotatable bonds is 17. The van der Waals surface area contributed by atoms with E-state index in [9.17, 15) is 24.3 Å². The molecular weight excluding hydrogens is 576 g/mol. The van der Waals surface area contributed by atoms with Crippen LogP contribution in [0.3, 0.4) is 0 Å². The number of hydrogen-bond acceptors (Lipinski definition) is 7. The number of nitrogens with zero attached hydrogens (tertiary/aromatic N) is 1. The predicted octanol–water partition coefficient (Wildman–Crippen LogP) is 0.914. The number of aromatic amines is 2. The highest BCUT2D eigenvalue weighted by Crippen LogP contribution is 2.19. The van der Waals surface area contributed by atoms with Crippen molar-refractivity contribution >= 4 is 34.6 Å². The summed E-state index contributed by atoms with van der Waals surface area (Å²) in [5.74, 6) is -3.04. The second-order valence-electron chi connectivity index (χ2n) is 10.9. The summed E-state index contributed by atoms with van der Waals surface area (Å²) in [5, 5.41) is 18.8. The van der Waals surface area contributed by atoms with Crippen LogP contribution in [0.15, 0.2) is 73.3 Å². The van der Waals surface area contributed by atoms with Gasteiger partial charge in [0.2, 0.25) is 17.7 Å². The third-order valence-corrected chi connectivity index (χ3v) is 7.55. The van der Waals surface area contributed by atoms with Gasteiger partial charge in [0.25, 0.3) is 0 Å². The number of nitrogens with one attached hydrogen (secondary N) is 5. The number of amides is 3. The molecule has 2 heterocycles. The molecule has 0 unspecified atom stereocenters. The van der Waals surface area contributed by atoms with Gasteiger partial charge in [0.1, 0.15) is 18.1 Å². The maximum absolute atomic E-state index is 13.8. The van der Waals surface area contributed by atoms with E-state index in [-0.39, 0.29) is 19.3 Å². The molecular formula is C32H40N8O5. The van der Waals surface area contributed by atoms with Gasteiger partial charge >= 0.3 is 5.97 Å². The molecule has 2 aromatic carbocycles. The Labute approximate surface area is 260 Å². The summed E-state index contributed by atoms with van der Waals surface area (Å²) < 4.78 is 0. The molecule has 4 aromatic rings. The van der Waals surface area contributed by atoms with Gasteiger partial charge in [0.15, 0.2) is 0 Å². The van der Waals surface area contributed by atoms with E-state index in [1.54, 1.807) is 6.20 Å². The Hall–Kier alpha value is -5.01. The van der Waals surface area contributed by atoms with Crippen molar-refractivity contribution in [2.24, 2.45) is 11.5 Å². The second kappa shape index (κ2) is 16.2. The number of fused-ring (bicyclic) bond motifs is 1. The number of H-pyrrole nitrogens is 2. The third-order valence-electron chi connectivity index (χ3n) is 7.55. The van der Waals surface area contributed by atoms with Crippen molar-refractivity contribution in [3.05, 3.63) is 90.1 Å². The smallest absolute Gasteiger partial charge is 0.326 e. The van der Waals surface area contributed by atoms with Gasteiger partial charge in [-0.2, -0.15) is 0 Å². The number of carboxylic acid groups (broad SMARTS) is 1. The van der Waals surface area contributed by atoms with E-state index in [0.29, 0.717) is 25.1 Å². The van der Waals surface area contributed by atoms with Crippen LogP contribution >= 0.6 is 0 Å². The first-order valence-corrected chi connectivity index (χ1v) is 14.9. The van der Waals surface area contributed by atoms with Gasteiger partial charge in [-0.25, -0.2) is 9.78 Å². The molecule has 0 aliphatic carbocycles. The van der Waals surface area contributed by atoms with Crippen molar-refractivity contribution in [1.82, 2.24) is 30.9 Å². The van der Waals surface area contributed by atoms with Gasteiger partial charge in [-0.1, -0.05) is 55.0 Å². The topological polar surface area (TPSA) is 221 Å². The first-order chi connectivity index (χ1) is 21.7. The average molecular weight is 617 g/mol. The van der Waals surface area contributed by atoms with Crippen LogP contribution in [0.25, 0.3) is 10.9 Å². The molecule has 2 aromatic heterocycles. The largest absolute Gasteiger partial charge is 0.480 e. The Morgan fingerprint density at radius 2 is 1.47 bits per heavy atom. The van der Waals surface area contributed by atoms with Gasteiger partial charge in [-0.3, -0.25) is 14.4 Å². The number of para-hydroxylation sites is 1.